The molecule has 2 aromatic rings. The third-order valence-corrected chi connectivity index (χ3v) is 4.65. The van der Waals surface area contributed by atoms with Gasteiger partial charge in [-0.25, -0.2) is 9.78 Å². The molecule has 2 heterocycles. The summed E-state index contributed by atoms with van der Waals surface area (Å²) in [5, 5.41) is 3.06. The van der Waals surface area contributed by atoms with E-state index < -0.39 is 17.7 Å². The number of alkyl halides is 3. The molecular formula is C20H21F3N4O2. The Morgan fingerprint density at radius 3 is 2.55 bits per heavy atom. The van der Waals surface area contributed by atoms with Crippen molar-refractivity contribution >= 4 is 17.5 Å². The number of carbonyl (C=O) groups excluding carboxylic acids is 1. The van der Waals surface area contributed by atoms with Gasteiger partial charge in [0.1, 0.15) is 5.82 Å². The summed E-state index contributed by atoms with van der Waals surface area (Å²) in [6, 6.07) is 8.46. The highest BCUT2D eigenvalue weighted by Gasteiger charge is 2.31. The van der Waals surface area contributed by atoms with Gasteiger partial charge < -0.3 is 19.9 Å². The van der Waals surface area contributed by atoms with Crippen molar-refractivity contribution in [3.63, 3.8) is 0 Å². The molecule has 0 radical (unpaired) electrons. The van der Waals surface area contributed by atoms with E-state index in [4.69, 9.17) is 4.74 Å². The number of rotatable bonds is 5. The van der Waals surface area contributed by atoms with Gasteiger partial charge in [0.25, 0.3) is 0 Å². The number of aromatic nitrogens is 1. The number of halogens is 3. The Hall–Kier alpha value is -3.23. The fourth-order valence-corrected chi connectivity index (χ4v) is 3.08. The Bertz CT molecular complexity index is 893. The predicted molar refractivity (Wildman–Crippen MR) is 104 cm³/mol. The zero-order chi connectivity index (χ0) is 21.0. The number of hydrogen-bond acceptors (Lipinski definition) is 6. The molecule has 1 fully saturated rings. The minimum Gasteiger partial charge on any atom is -0.465 e. The molecule has 1 aromatic carbocycles. The summed E-state index contributed by atoms with van der Waals surface area (Å²) >= 11 is 0. The van der Waals surface area contributed by atoms with Crippen molar-refractivity contribution in [3.8, 4) is 0 Å². The van der Waals surface area contributed by atoms with Gasteiger partial charge in [-0.3, -0.25) is 0 Å². The molecule has 0 saturated carbocycles. The first-order chi connectivity index (χ1) is 13.8. The molecule has 29 heavy (non-hydrogen) atoms. The third kappa shape index (κ3) is 4.98. The molecule has 154 valence electrons. The van der Waals surface area contributed by atoms with Crippen LogP contribution in [0.1, 0.15) is 15.9 Å². The summed E-state index contributed by atoms with van der Waals surface area (Å²) in [7, 11) is 1.30. The first-order valence-electron chi connectivity index (χ1n) is 8.95. The van der Waals surface area contributed by atoms with E-state index in [9.17, 15) is 18.0 Å². The van der Waals surface area contributed by atoms with E-state index in [0.29, 0.717) is 49.1 Å². The van der Waals surface area contributed by atoms with Crippen LogP contribution in [0, 0.1) is 0 Å². The standard InChI is InChI=1S/C20H21F3N4O2/c1-14(25-18-12-15(6-7-24-18)19(28)29-2)26-8-10-27(11-9-26)17-5-3-4-16(13-17)20(21,22)23/h3-7,12-13H,1,8-11H2,2H3,(H,24,25). The molecule has 0 unspecified atom stereocenters. The first-order valence-corrected chi connectivity index (χ1v) is 8.95. The van der Waals surface area contributed by atoms with Gasteiger partial charge in [-0.1, -0.05) is 12.6 Å². The lowest BCUT2D eigenvalue weighted by atomic mass is 10.1. The van der Waals surface area contributed by atoms with Crippen molar-refractivity contribution < 1.29 is 22.7 Å². The van der Waals surface area contributed by atoms with Crippen LogP contribution in [0.2, 0.25) is 0 Å². The number of methoxy groups -OCH3 is 1. The van der Waals surface area contributed by atoms with Crippen molar-refractivity contribution in [2.45, 2.75) is 6.18 Å². The molecule has 1 aliphatic rings. The largest absolute Gasteiger partial charge is 0.465 e. The van der Waals surface area contributed by atoms with E-state index in [1.165, 1.54) is 25.4 Å². The van der Waals surface area contributed by atoms with Gasteiger partial charge in [0, 0.05) is 38.1 Å². The van der Waals surface area contributed by atoms with Crippen LogP contribution in [0.3, 0.4) is 0 Å². The number of piperazine rings is 1. The number of anilines is 2. The zero-order valence-electron chi connectivity index (χ0n) is 15.9. The van der Waals surface area contributed by atoms with Crippen molar-refractivity contribution in [2.24, 2.45) is 0 Å². The average Bonchev–Trinajstić information content (AvgIpc) is 2.73. The number of carbonyl (C=O) groups is 1. The Kier molecular flexibility index (Phi) is 5.95. The fourth-order valence-electron chi connectivity index (χ4n) is 3.08. The summed E-state index contributed by atoms with van der Waals surface area (Å²) in [5.74, 6) is 0.595. The maximum atomic E-state index is 12.9. The molecule has 1 aromatic heterocycles. The highest BCUT2D eigenvalue weighted by molar-refractivity contribution is 5.90. The summed E-state index contributed by atoms with van der Waals surface area (Å²) in [6.07, 6.45) is -2.87. The Labute approximate surface area is 166 Å². The zero-order valence-corrected chi connectivity index (χ0v) is 15.9. The Morgan fingerprint density at radius 2 is 1.90 bits per heavy atom. The second-order valence-electron chi connectivity index (χ2n) is 6.52. The van der Waals surface area contributed by atoms with E-state index in [1.54, 1.807) is 18.2 Å². The smallest absolute Gasteiger partial charge is 0.416 e. The highest BCUT2D eigenvalue weighted by Crippen LogP contribution is 2.32. The molecule has 1 aliphatic heterocycles. The SMILES string of the molecule is C=C(Nc1cc(C(=O)OC)ccn1)N1CCN(c2cccc(C(F)(F)F)c2)CC1. The molecule has 9 heteroatoms. The quantitative estimate of drug-likeness (QED) is 0.766. The number of nitrogens with zero attached hydrogens (tertiary/aromatic N) is 3. The van der Waals surface area contributed by atoms with Crippen LogP contribution in [0.15, 0.2) is 55.0 Å². The van der Waals surface area contributed by atoms with Crippen LogP contribution in [-0.2, 0) is 10.9 Å². The van der Waals surface area contributed by atoms with E-state index in [-0.39, 0.29) is 0 Å². The van der Waals surface area contributed by atoms with Crippen LogP contribution < -0.4 is 10.2 Å². The van der Waals surface area contributed by atoms with Crippen LogP contribution >= 0.6 is 0 Å². The van der Waals surface area contributed by atoms with Crippen LogP contribution in [0.5, 0.6) is 0 Å². The minimum absolute atomic E-state index is 0.368. The lowest BCUT2D eigenvalue weighted by Crippen LogP contribution is -2.46. The highest BCUT2D eigenvalue weighted by atomic mass is 19.4. The Balaban J connectivity index is 1.60. The number of pyridine rings is 1. The molecule has 0 aliphatic carbocycles. The van der Waals surface area contributed by atoms with Crippen molar-refractivity contribution in [1.29, 1.82) is 0 Å². The molecule has 6 nitrogen and oxygen atoms in total. The van der Waals surface area contributed by atoms with Crippen molar-refractivity contribution in [1.82, 2.24) is 9.88 Å². The van der Waals surface area contributed by atoms with Gasteiger partial charge in [0.05, 0.1) is 24.1 Å². The average molecular weight is 406 g/mol. The van der Waals surface area contributed by atoms with Gasteiger partial charge in [-0.2, -0.15) is 13.2 Å². The fraction of sp³-hybridized carbons (Fsp3) is 0.300. The third-order valence-electron chi connectivity index (χ3n) is 4.65. The van der Waals surface area contributed by atoms with Gasteiger partial charge in [-0.05, 0) is 30.3 Å². The van der Waals surface area contributed by atoms with E-state index in [1.807, 2.05) is 9.80 Å². The molecule has 0 bridgehead atoms. The Morgan fingerprint density at radius 1 is 1.17 bits per heavy atom. The van der Waals surface area contributed by atoms with Gasteiger partial charge in [0.2, 0.25) is 0 Å². The normalized spacial score (nSPS) is 14.5. The lowest BCUT2D eigenvalue weighted by molar-refractivity contribution is -0.137. The predicted octanol–water partition coefficient (Wildman–Crippen LogP) is 3.59. The summed E-state index contributed by atoms with van der Waals surface area (Å²) < 4.78 is 43.5. The summed E-state index contributed by atoms with van der Waals surface area (Å²) in [6.45, 7) is 6.27. The summed E-state index contributed by atoms with van der Waals surface area (Å²) in [4.78, 5) is 19.7. The maximum Gasteiger partial charge on any atom is 0.416 e. The van der Waals surface area contributed by atoms with Gasteiger partial charge in [-0.15, -0.1) is 0 Å². The molecule has 1 N–H and O–H groups in total. The van der Waals surface area contributed by atoms with Crippen LogP contribution in [0.4, 0.5) is 24.7 Å². The maximum absolute atomic E-state index is 12.9. The molecular weight excluding hydrogens is 385 g/mol. The minimum atomic E-state index is -4.36. The molecule has 1 saturated heterocycles. The number of benzene rings is 1. The van der Waals surface area contributed by atoms with Crippen LogP contribution in [0.25, 0.3) is 0 Å². The first kappa shape index (κ1) is 20.5. The van der Waals surface area contributed by atoms with Crippen molar-refractivity contribution in [2.75, 3.05) is 43.5 Å². The second-order valence-corrected chi connectivity index (χ2v) is 6.52. The molecule has 0 atom stereocenters. The number of esters is 1. The number of nitrogens with one attached hydrogen (secondary N) is 1. The van der Waals surface area contributed by atoms with E-state index in [2.05, 4.69) is 16.9 Å². The number of ether oxygens (including phenoxy) is 1. The molecule has 0 spiro atoms. The summed E-state index contributed by atoms with van der Waals surface area (Å²) in [5.41, 5.74) is 0.262. The van der Waals surface area contributed by atoms with E-state index in [0.717, 1.165) is 6.07 Å². The monoisotopic (exact) mass is 406 g/mol. The molecule has 0 amide bonds. The second kappa shape index (κ2) is 8.42. The number of hydrogen-bond donors (Lipinski definition) is 1. The lowest BCUT2D eigenvalue weighted by Gasteiger charge is -2.38. The molecule has 3 rings (SSSR count). The van der Waals surface area contributed by atoms with Gasteiger partial charge >= 0.3 is 12.1 Å². The van der Waals surface area contributed by atoms with E-state index >= 15 is 0 Å². The van der Waals surface area contributed by atoms with Gasteiger partial charge in [0.15, 0.2) is 0 Å². The topological polar surface area (TPSA) is 57.7 Å². The van der Waals surface area contributed by atoms with Crippen molar-refractivity contribution in [3.05, 3.63) is 66.1 Å². The van der Waals surface area contributed by atoms with Crippen LogP contribution in [-0.4, -0.2) is 49.1 Å².